The van der Waals surface area contributed by atoms with E-state index in [2.05, 4.69) is 48.1 Å². The second kappa shape index (κ2) is 7.73. The van der Waals surface area contributed by atoms with Gasteiger partial charge in [-0.3, -0.25) is 0 Å². The Morgan fingerprint density at radius 2 is 2.29 bits per heavy atom. The first kappa shape index (κ1) is 16.2. The summed E-state index contributed by atoms with van der Waals surface area (Å²) in [7, 11) is 0. The molecule has 1 aliphatic rings. The molecule has 0 radical (unpaired) electrons. The van der Waals surface area contributed by atoms with E-state index < -0.39 is 0 Å². The van der Waals surface area contributed by atoms with Gasteiger partial charge in [0, 0.05) is 19.3 Å². The second-order valence-corrected chi connectivity index (χ2v) is 6.19. The third kappa shape index (κ3) is 4.66. The van der Waals surface area contributed by atoms with Crippen molar-refractivity contribution in [1.82, 2.24) is 10.3 Å². The van der Waals surface area contributed by atoms with E-state index in [9.17, 15) is 5.11 Å². The van der Waals surface area contributed by atoms with Crippen molar-refractivity contribution in [3.63, 3.8) is 0 Å². The first-order valence-corrected chi connectivity index (χ1v) is 7.75. The van der Waals surface area contributed by atoms with E-state index in [4.69, 9.17) is 4.74 Å². The zero-order valence-corrected chi connectivity index (χ0v) is 13.2. The molecule has 0 aromatic carbocycles. The molecule has 2 heterocycles. The van der Waals surface area contributed by atoms with Gasteiger partial charge in [-0.2, -0.15) is 0 Å². The molecule has 1 aromatic rings. The van der Waals surface area contributed by atoms with Gasteiger partial charge in [-0.05, 0) is 31.0 Å². The van der Waals surface area contributed by atoms with Gasteiger partial charge in [0.15, 0.2) is 0 Å². The molecule has 5 nitrogen and oxygen atoms in total. The minimum absolute atomic E-state index is 0.0560. The van der Waals surface area contributed by atoms with Crippen molar-refractivity contribution in [2.75, 3.05) is 31.2 Å². The molecule has 1 aromatic heterocycles. The van der Waals surface area contributed by atoms with Crippen LogP contribution in [0.25, 0.3) is 0 Å². The van der Waals surface area contributed by atoms with Gasteiger partial charge < -0.3 is 20.1 Å². The highest BCUT2D eigenvalue weighted by Crippen LogP contribution is 2.19. The van der Waals surface area contributed by atoms with Crippen LogP contribution in [0.5, 0.6) is 0 Å². The van der Waals surface area contributed by atoms with E-state index in [-0.39, 0.29) is 18.8 Å². The molecule has 2 atom stereocenters. The molecule has 0 aliphatic carbocycles. The van der Waals surface area contributed by atoms with Crippen molar-refractivity contribution in [2.24, 2.45) is 5.92 Å². The molecule has 118 valence electrons. The summed E-state index contributed by atoms with van der Waals surface area (Å²) < 4.78 is 5.56. The van der Waals surface area contributed by atoms with E-state index in [1.807, 2.05) is 6.20 Å². The number of aliphatic hydroxyl groups excluding tert-OH is 1. The van der Waals surface area contributed by atoms with Crippen LogP contribution in [0.3, 0.4) is 0 Å². The number of nitrogens with one attached hydrogen (secondary N) is 1. The van der Waals surface area contributed by atoms with Gasteiger partial charge in [-0.15, -0.1) is 0 Å². The van der Waals surface area contributed by atoms with Gasteiger partial charge in [0.2, 0.25) is 0 Å². The fourth-order valence-electron chi connectivity index (χ4n) is 2.44. The van der Waals surface area contributed by atoms with Crippen molar-refractivity contribution in [1.29, 1.82) is 0 Å². The summed E-state index contributed by atoms with van der Waals surface area (Å²) in [4.78, 5) is 6.77. The number of hydrogen-bond donors (Lipinski definition) is 2. The Morgan fingerprint density at radius 1 is 1.48 bits per heavy atom. The molecule has 0 amide bonds. The average Bonchev–Trinajstić information content (AvgIpc) is 2.48. The summed E-state index contributed by atoms with van der Waals surface area (Å²) in [5.41, 5.74) is 1.19. The lowest BCUT2D eigenvalue weighted by atomic mass is 10.2. The molecule has 1 fully saturated rings. The summed E-state index contributed by atoms with van der Waals surface area (Å²) in [6.07, 6.45) is 1.81. The number of anilines is 1. The average molecular weight is 293 g/mol. The molecule has 1 saturated heterocycles. The third-order valence-corrected chi connectivity index (χ3v) is 3.69. The summed E-state index contributed by atoms with van der Waals surface area (Å²) >= 11 is 0. The van der Waals surface area contributed by atoms with Gasteiger partial charge >= 0.3 is 0 Å². The van der Waals surface area contributed by atoms with Crippen molar-refractivity contribution < 1.29 is 9.84 Å². The Balaban J connectivity index is 1.94. The van der Waals surface area contributed by atoms with Crippen LogP contribution >= 0.6 is 0 Å². The summed E-state index contributed by atoms with van der Waals surface area (Å²) in [6.45, 7) is 9.76. The van der Waals surface area contributed by atoms with E-state index in [1.54, 1.807) is 0 Å². The number of ether oxygens (including phenoxy) is 1. The smallest absolute Gasteiger partial charge is 0.128 e. The Kier molecular flexibility index (Phi) is 5.96. The Hall–Kier alpha value is -1.17. The second-order valence-electron chi connectivity index (χ2n) is 6.19. The van der Waals surface area contributed by atoms with Gasteiger partial charge in [0.1, 0.15) is 5.82 Å². The molecule has 5 heteroatoms. The number of hydrogen-bond acceptors (Lipinski definition) is 5. The lowest BCUT2D eigenvalue weighted by Gasteiger charge is -2.38. The Bertz CT molecular complexity index is 422. The van der Waals surface area contributed by atoms with Crippen LogP contribution in [0.2, 0.25) is 0 Å². The van der Waals surface area contributed by atoms with Crippen molar-refractivity contribution >= 4 is 5.82 Å². The molecular weight excluding hydrogens is 266 g/mol. The number of rotatable bonds is 6. The monoisotopic (exact) mass is 293 g/mol. The molecule has 2 unspecified atom stereocenters. The maximum atomic E-state index is 9.25. The molecule has 0 bridgehead atoms. The fourth-order valence-corrected chi connectivity index (χ4v) is 2.44. The van der Waals surface area contributed by atoms with Crippen LogP contribution < -0.4 is 10.2 Å². The molecule has 2 rings (SSSR count). The van der Waals surface area contributed by atoms with Crippen molar-refractivity contribution in [3.8, 4) is 0 Å². The first-order chi connectivity index (χ1) is 10.1. The lowest BCUT2D eigenvalue weighted by Crippen LogP contribution is -2.49. The highest BCUT2D eigenvalue weighted by Gasteiger charge is 2.26. The summed E-state index contributed by atoms with van der Waals surface area (Å²) in [5, 5.41) is 12.7. The quantitative estimate of drug-likeness (QED) is 0.830. The molecule has 0 saturated carbocycles. The number of morpholine rings is 1. The van der Waals surface area contributed by atoms with Crippen molar-refractivity contribution in [3.05, 3.63) is 23.9 Å². The number of pyridine rings is 1. The van der Waals surface area contributed by atoms with Crippen LogP contribution in [-0.4, -0.2) is 48.5 Å². The SMILES string of the molecule is CC(C)CNCc1ccc(N2CC(CO)OCC2C)nc1. The minimum Gasteiger partial charge on any atom is -0.394 e. The van der Waals surface area contributed by atoms with Gasteiger partial charge in [-0.1, -0.05) is 19.9 Å². The molecule has 21 heavy (non-hydrogen) atoms. The number of aliphatic hydroxyl groups is 1. The predicted octanol–water partition coefficient (Wildman–Crippen LogP) is 1.41. The molecule has 1 aliphatic heterocycles. The maximum Gasteiger partial charge on any atom is 0.128 e. The highest BCUT2D eigenvalue weighted by molar-refractivity contribution is 5.41. The normalized spacial score (nSPS) is 22.8. The van der Waals surface area contributed by atoms with Gasteiger partial charge in [0.25, 0.3) is 0 Å². The van der Waals surface area contributed by atoms with Crippen LogP contribution in [0, 0.1) is 5.92 Å². The van der Waals surface area contributed by atoms with E-state index in [0.29, 0.717) is 19.1 Å². The standard InChI is InChI=1S/C16H27N3O2/c1-12(2)6-17-7-14-4-5-16(18-8-14)19-9-15(10-20)21-11-13(19)3/h4-5,8,12-13,15,17,20H,6-7,9-11H2,1-3H3. The number of aromatic nitrogens is 1. The zero-order valence-electron chi connectivity index (χ0n) is 13.2. The van der Waals surface area contributed by atoms with Crippen molar-refractivity contribution in [2.45, 2.75) is 39.5 Å². The van der Waals surface area contributed by atoms with Crippen LogP contribution in [-0.2, 0) is 11.3 Å². The highest BCUT2D eigenvalue weighted by atomic mass is 16.5. The first-order valence-electron chi connectivity index (χ1n) is 7.75. The number of nitrogens with zero attached hydrogens (tertiary/aromatic N) is 2. The fraction of sp³-hybridized carbons (Fsp3) is 0.688. The minimum atomic E-state index is -0.115. The lowest BCUT2D eigenvalue weighted by molar-refractivity contribution is -0.0105. The molecule has 0 spiro atoms. The third-order valence-electron chi connectivity index (χ3n) is 3.69. The van der Waals surface area contributed by atoms with Crippen LogP contribution in [0.15, 0.2) is 18.3 Å². The largest absolute Gasteiger partial charge is 0.394 e. The van der Waals surface area contributed by atoms with E-state index >= 15 is 0 Å². The van der Waals surface area contributed by atoms with Crippen LogP contribution in [0.1, 0.15) is 26.3 Å². The molecule has 2 N–H and O–H groups in total. The predicted molar refractivity (Wildman–Crippen MR) is 84.4 cm³/mol. The van der Waals surface area contributed by atoms with E-state index in [1.165, 1.54) is 5.56 Å². The Morgan fingerprint density at radius 3 is 2.90 bits per heavy atom. The Labute approximate surface area is 127 Å². The van der Waals surface area contributed by atoms with Crippen LogP contribution in [0.4, 0.5) is 5.82 Å². The summed E-state index contributed by atoms with van der Waals surface area (Å²) in [6, 6.07) is 4.46. The maximum absolute atomic E-state index is 9.25. The van der Waals surface area contributed by atoms with E-state index in [0.717, 1.165) is 18.9 Å². The van der Waals surface area contributed by atoms with Gasteiger partial charge in [-0.25, -0.2) is 4.98 Å². The molecular formula is C16H27N3O2. The topological polar surface area (TPSA) is 57.6 Å². The summed E-state index contributed by atoms with van der Waals surface area (Å²) in [5.74, 6) is 1.61. The zero-order chi connectivity index (χ0) is 15.2. The van der Waals surface area contributed by atoms with Gasteiger partial charge in [0.05, 0.1) is 25.4 Å².